The zero-order chi connectivity index (χ0) is 19.1. The van der Waals surface area contributed by atoms with E-state index in [1.165, 1.54) is 13.8 Å². The summed E-state index contributed by atoms with van der Waals surface area (Å²) in [6.45, 7) is 2.60. The van der Waals surface area contributed by atoms with Crippen molar-refractivity contribution in [3.63, 3.8) is 0 Å². The maximum atomic E-state index is 14.4. The van der Waals surface area contributed by atoms with E-state index in [1.54, 1.807) is 0 Å². The monoisotopic (exact) mass is 360 g/mol. The average Bonchev–Trinajstić information content (AvgIpc) is 2.56. The fourth-order valence-corrected chi connectivity index (χ4v) is 2.01. The number of esters is 2. The number of carbonyl (C=O) groups is 3. The number of ether oxygens (including phenoxy) is 4. The van der Waals surface area contributed by atoms with Gasteiger partial charge in [-0.25, -0.2) is 8.78 Å². The Morgan fingerprint density at radius 2 is 1.32 bits per heavy atom. The molecule has 0 unspecified atom stereocenters. The summed E-state index contributed by atoms with van der Waals surface area (Å²) in [5, 5.41) is 0. The molecule has 0 spiro atoms. The molecule has 1 rings (SSSR count). The molecule has 0 heterocycles. The molecule has 0 amide bonds. The Kier molecular flexibility index (Phi) is 7.28. The Bertz CT molecular complexity index is 627. The number of Topliss-reactive ketones (excluding diaryl/α,β-unsaturated/α-hetero) is 1. The van der Waals surface area contributed by atoms with Gasteiger partial charge in [-0.15, -0.1) is 0 Å². The lowest BCUT2D eigenvalue weighted by Gasteiger charge is -2.16. The Hall–Kier alpha value is -2.71. The second-order valence-electron chi connectivity index (χ2n) is 4.59. The maximum Gasteiger partial charge on any atom is 0.328 e. The van der Waals surface area contributed by atoms with Gasteiger partial charge in [0.2, 0.25) is 5.92 Å². The molecule has 0 saturated carbocycles. The summed E-state index contributed by atoms with van der Waals surface area (Å²) in [4.78, 5) is 36.5. The van der Waals surface area contributed by atoms with Crippen LogP contribution < -0.4 is 9.47 Å². The van der Waals surface area contributed by atoms with Crippen LogP contribution in [0.5, 0.6) is 11.5 Å². The van der Waals surface area contributed by atoms with Crippen molar-refractivity contribution in [1.29, 1.82) is 0 Å². The summed E-state index contributed by atoms with van der Waals surface area (Å²) in [7, 11) is 2.19. The van der Waals surface area contributed by atoms with Crippen LogP contribution in [0.15, 0.2) is 6.07 Å². The Labute approximate surface area is 142 Å². The minimum Gasteiger partial charge on any atom is -0.494 e. The van der Waals surface area contributed by atoms with E-state index in [2.05, 4.69) is 9.47 Å². The topological polar surface area (TPSA) is 88.1 Å². The lowest BCUT2D eigenvalue weighted by Crippen LogP contribution is -2.36. The molecule has 0 atom stereocenters. The smallest absolute Gasteiger partial charge is 0.328 e. The van der Waals surface area contributed by atoms with Crippen molar-refractivity contribution in [2.75, 3.05) is 27.4 Å². The highest BCUT2D eigenvalue weighted by Gasteiger charge is 2.41. The number of hydrogen-bond acceptors (Lipinski definition) is 7. The van der Waals surface area contributed by atoms with Gasteiger partial charge in [-0.1, -0.05) is 0 Å². The van der Waals surface area contributed by atoms with E-state index in [4.69, 9.17) is 9.47 Å². The number of methoxy groups -OCH3 is 2. The zero-order valence-electron chi connectivity index (χ0n) is 14.2. The fraction of sp³-hybridized carbons (Fsp3) is 0.438. The van der Waals surface area contributed by atoms with Gasteiger partial charge in [-0.2, -0.15) is 0 Å². The Morgan fingerprint density at radius 1 is 0.920 bits per heavy atom. The molecule has 0 radical (unpaired) electrons. The van der Waals surface area contributed by atoms with Gasteiger partial charge in [-0.3, -0.25) is 14.4 Å². The number of benzene rings is 1. The van der Waals surface area contributed by atoms with Gasteiger partial charge in [0.15, 0.2) is 28.9 Å². The van der Waals surface area contributed by atoms with Crippen LogP contribution in [0.4, 0.5) is 8.78 Å². The molecule has 25 heavy (non-hydrogen) atoms. The number of ketones is 1. The molecule has 138 valence electrons. The van der Waals surface area contributed by atoms with Gasteiger partial charge in [0.05, 0.1) is 33.0 Å². The van der Waals surface area contributed by atoms with Crippen LogP contribution in [0.25, 0.3) is 0 Å². The first kappa shape index (κ1) is 20.3. The summed E-state index contributed by atoms with van der Waals surface area (Å²) in [6, 6.07) is 0.894. The summed E-state index contributed by atoms with van der Waals surface area (Å²) in [6.07, 6.45) is 0. The van der Waals surface area contributed by atoms with E-state index in [0.717, 1.165) is 20.3 Å². The number of carbonyl (C=O) groups excluding carboxylic acids is 3. The average molecular weight is 360 g/mol. The van der Waals surface area contributed by atoms with Crippen molar-refractivity contribution in [2.24, 2.45) is 5.92 Å². The van der Waals surface area contributed by atoms with Crippen molar-refractivity contribution in [3.8, 4) is 11.5 Å². The fourth-order valence-electron chi connectivity index (χ4n) is 2.01. The van der Waals surface area contributed by atoms with E-state index in [0.29, 0.717) is 0 Å². The van der Waals surface area contributed by atoms with Crippen LogP contribution in [0.2, 0.25) is 0 Å². The van der Waals surface area contributed by atoms with Crippen LogP contribution in [0, 0.1) is 17.6 Å². The third-order valence-electron chi connectivity index (χ3n) is 3.13. The van der Waals surface area contributed by atoms with Crippen LogP contribution in [0.3, 0.4) is 0 Å². The largest absolute Gasteiger partial charge is 0.494 e. The van der Waals surface area contributed by atoms with Crippen LogP contribution >= 0.6 is 0 Å². The number of hydrogen-bond donors (Lipinski definition) is 0. The van der Waals surface area contributed by atoms with Gasteiger partial charge in [0, 0.05) is 6.07 Å². The minimum atomic E-state index is -2.17. The molecular formula is C16H18F2O7. The summed E-state index contributed by atoms with van der Waals surface area (Å²) in [5.74, 6) is -9.89. The zero-order valence-corrected chi connectivity index (χ0v) is 14.2. The van der Waals surface area contributed by atoms with E-state index < -0.39 is 52.3 Å². The first-order chi connectivity index (χ1) is 11.8. The molecule has 7 nitrogen and oxygen atoms in total. The number of rotatable bonds is 8. The van der Waals surface area contributed by atoms with Crippen molar-refractivity contribution in [2.45, 2.75) is 13.8 Å². The highest BCUT2D eigenvalue weighted by atomic mass is 19.1. The van der Waals surface area contributed by atoms with Gasteiger partial charge >= 0.3 is 11.9 Å². The van der Waals surface area contributed by atoms with Crippen LogP contribution in [-0.4, -0.2) is 45.2 Å². The predicted molar refractivity (Wildman–Crippen MR) is 80.5 cm³/mol. The van der Waals surface area contributed by atoms with Crippen LogP contribution in [0.1, 0.15) is 24.2 Å². The molecule has 0 N–H and O–H groups in total. The third kappa shape index (κ3) is 4.23. The highest BCUT2D eigenvalue weighted by molar-refractivity contribution is 6.21. The van der Waals surface area contributed by atoms with E-state index >= 15 is 0 Å². The molecule has 0 aliphatic heterocycles. The van der Waals surface area contributed by atoms with Crippen molar-refractivity contribution < 1.29 is 42.1 Å². The summed E-state index contributed by atoms with van der Waals surface area (Å²) in [5.41, 5.74) is -1.15. The third-order valence-corrected chi connectivity index (χ3v) is 3.13. The lowest BCUT2D eigenvalue weighted by molar-refractivity contribution is -0.158. The molecule has 0 saturated heterocycles. The van der Waals surface area contributed by atoms with E-state index in [9.17, 15) is 23.2 Å². The van der Waals surface area contributed by atoms with Gasteiger partial charge in [0.1, 0.15) is 0 Å². The number of halogens is 2. The standard InChI is InChI=1S/C16H18F2O7/c1-5-24-15(20)11(16(21)25-6-2)14(19)10-12(17)8(22-3)7-9(23-4)13(10)18/h7,11H,5-6H2,1-4H3. The predicted octanol–water partition coefficient (Wildman–Crippen LogP) is 1.91. The second-order valence-corrected chi connectivity index (χ2v) is 4.59. The molecule has 0 aliphatic rings. The van der Waals surface area contributed by atoms with E-state index in [1.807, 2.05) is 0 Å². The Balaban J connectivity index is 3.51. The second kappa shape index (κ2) is 8.95. The SMILES string of the molecule is CCOC(=O)C(C(=O)OCC)C(=O)c1c(F)c(OC)cc(OC)c1F. The molecule has 1 aromatic carbocycles. The van der Waals surface area contributed by atoms with Gasteiger partial charge in [0.25, 0.3) is 0 Å². The first-order valence-electron chi connectivity index (χ1n) is 7.31. The van der Waals surface area contributed by atoms with Crippen molar-refractivity contribution in [3.05, 3.63) is 23.3 Å². The van der Waals surface area contributed by atoms with Gasteiger partial charge in [-0.05, 0) is 13.8 Å². The maximum absolute atomic E-state index is 14.4. The van der Waals surface area contributed by atoms with Crippen molar-refractivity contribution in [1.82, 2.24) is 0 Å². The van der Waals surface area contributed by atoms with Crippen molar-refractivity contribution >= 4 is 17.7 Å². The molecule has 0 aliphatic carbocycles. The van der Waals surface area contributed by atoms with E-state index in [-0.39, 0.29) is 13.2 Å². The van der Waals surface area contributed by atoms with Gasteiger partial charge < -0.3 is 18.9 Å². The quantitative estimate of drug-likeness (QED) is 0.397. The normalized spacial score (nSPS) is 10.4. The summed E-state index contributed by atoms with van der Waals surface area (Å²) < 4.78 is 47.6. The molecule has 0 fully saturated rings. The Morgan fingerprint density at radius 3 is 1.64 bits per heavy atom. The highest BCUT2D eigenvalue weighted by Crippen LogP contribution is 2.33. The molecule has 0 bridgehead atoms. The summed E-state index contributed by atoms with van der Waals surface area (Å²) >= 11 is 0. The molecule has 9 heteroatoms. The minimum absolute atomic E-state index is 0.144. The molecule has 1 aromatic rings. The first-order valence-corrected chi connectivity index (χ1v) is 7.31. The van der Waals surface area contributed by atoms with Crippen LogP contribution in [-0.2, 0) is 19.1 Å². The lowest BCUT2D eigenvalue weighted by atomic mass is 9.96. The molecule has 0 aromatic heterocycles. The molecular weight excluding hydrogens is 342 g/mol.